The van der Waals surface area contributed by atoms with Crippen LogP contribution in [0.1, 0.15) is 31.2 Å². The number of rotatable bonds is 3. The number of para-hydroxylation sites is 2. The first-order valence-corrected chi connectivity index (χ1v) is 10.1. The largest absolute Gasteiger partial charge is 0.482 e. The molecule has 2 aromatic carbocycles. The van der Waals surface area contributed by atoms with Gasteiger partial charge < -0.3 is 9.64 Å². The van der Waals surface area contributed by atoms with Crippen LogP contribution in [0.15, 0.2) is 54.6 Å². The van der Waals surface area contributed by atoms with E-state index in [1.54, 1.807) is 4.90 Å². The van der Waals surface area contributed by atoms with E-state index in [4.69, 9.17) is 4.74 Å². The van der Waals surface area contributed by atoms with E-state index >= 15 is 0 Å². The smallest absolute Gasteiger partial charge is 0.265 e. The van der Waals surface area contributed by atoms with Gasteiger partial charge in [0.25, 0.3) is 5.91 Å². The van der Waals surface area contributed by atoms with Crippen LogP contribution in [0.4, 0.5) is 5.69 Å². The van der Waals surface area contributed by atoms with Crippen molar-refractivity contribution in [1.29, 1.82) is 0 Å². The molecular formula is C23H24N2O3. The number of hydrogen-bond donors (Lipinski definition) is 0. The highest BCUT2D eigenvalue weighted by molar-refractivity contribution is 6.02. The number of carbonyl (C=O) groups excluding carboxylic acids is 2. The van der Waals surface area contributed by atoms with Crippen molar-refractivity contribution in [3.8, 4) is 5.75 Å². The second-order valence-electron chi connectivity index (χ2n) is 7.97. The first kappa shape index (κ1) is 17.3. The van der Waals surface area contributed by atoms with Crippen LogP contribution in [0.25, 0.3) is 0 Å². The molecule has 5 rings (SSSR count). The maximum absolute atomic E-state index is 13.4. The van der Waals surface area contributed by atoms with Gasteiger partial charge in [-0.25, -0.2) is 0 Å². The molecule has 5 heteroatoms. The molecule has 0 bridgehead atoms. The fraction of sp³-hybridized carbons (Fsp3) is 0.391. The van der Waals surface area contributed by atoms with E-state index in [0.29, 0.717) is 17.4 Å². The van der Waals surface area contributed by atoms with Crippen molar-refractivity contribution in [2.24, 2.45) is 5.92 Å². The summed E-state index contributed by atoms with van der Waals surface area (Å²) in [6.07, 6.45) is 4.53. The highest BCUT2D eigenvalue weighted by atomic mass is 16.5. The van der Waals surface area contributed by atoms with Crippen molar-refractivity contribution in [3.05, 3.63) is 60.2 Å². The Balaban J connectivity index is 1.44. The summed E-state index contributed by atoms with van der Waals surface area (Å²) < 4.78 is 5.51. The van der Waals surface area contributed by atoms with Crippen molar-refractivity contribution in [3.63, 3.8) is 0 Å². The average molecular weight is 376 g/mol. The molecule has 2 fully saturated rings. The summed E-state index contributed by atoms with van der Waals surface area (Å²) in [5.41, 5.74) is 1.71. The van der Waals surface area contributed by atoms with Crippen LogP contribution in [0, 0.1) is 5.92 Å². The topological polar surface area (TPSA) is 49.9 Å². The van der Waals surface area contributed by atoms with Crippen LogP contribution in [0.2, 0.25) is 0 Å². The highest BCUT2D eigenvalue weighted by Crippen LogP contribution is 2.53. The molecule has 1 aliphatic carbocycles. The first-order chi connectivity index (χ1) is 13.7. The second kappa shape index (κ2) is 6.66. The van der Waals surface area contributed by atoms with Gasteiger partial charge in [0.2, 0.25) is 5.91 Å². The number of hydrogen-bond acceptors (Lipinski definition) is 3. The van der Waals surface area contributed by atoms with E-state index in [1.807, 2.05) is 35.2 Å². The summed E-state index contributed by atoms with van der Waals surface area (Å²) >= 11 is 0. The molecule has 5 nitrogen and oxygen atoms in total. The van der Waals surface area contributed by atoms with Crippen LogP contribution in [0.3, 0.4) is 0 Å². The molecule has 1 saturated carbocycles. The van der Waals surface area contributed by atoms with Gasteiger partial charge in [0.1, 0.15) is 12.3 Å². The summed E-state index contributed by atoms with van der Waals surface area (Å²) in [6.45, 7) is 0.838. The lowest BCUT2D eigenvalue weighted by molar-refractivity contribution is -0.165. The Hall–Kier alpha value is -2.82. The molecule has 0 spiro atoms. The van der Waals surface area contributed by atoms with Crippen LogP contribution in [0.5, 0.6) is 5.75 Å². The minimum Gasteiger partial charge on any atom is -0.482 e. The molecule has 2 amide bonds. The van der Waals surface area contributed by atoms with E-state index in [-0.39, 0.29) is 30.5 Å². The molecule has 0 N–H and O–H groups in total. The average Bonchev–Trinajstić information content (AvgIpc) is 2.72. The summed E-state index contributed by atoms with van der Waals surface area (Å²) in [4.78, 5) is 29.5. The monoisotopic (exact) mass is 376 g/mol. The van der Waals surface area contributed by atoms with Crippen LogP contribution in [-0.4, -0.2) is 36.4 Å². The number of amides is 2. The highest BCUT2D eigenvalue weighted by Gasteiger charge is 2.57. The lowest BCUT2D eigenvalue weighted by Crippen LogP contribution is -2.69. The summed E-state index contributed by atoms with van der Waals surface area (Å²) in [5.74, 6) is 1.03. The standard InChI is InChI=1S/C23H24N2O3/c26-21(15-24-19-11-4-5-12-20(19)28-16-22(24)27)25-14-18-10-6-7-13-23(18,25)17-8-2-1-3-9-17/h1-5,8-9,11-12,18H,6-7,10,13-16H2/t18-,23-/m0/s1. The van der Waals surface area contributed by atoms with Gasteiger partial charge in [0.05, 0.1) is 11.2 Å². The van der Waals surface area contributed by atoms with Gasteiger partial charge in [-0.05, 0) is 30.5 Å². The fourth-order valence-corrected chi connectivity index (χ4v) is 5.23. The molecule has 144 valence electrons. The van der Waals surface area contributed by atoms with E-state index in [9.17, 15) is 9.59 Å². The molecule has 0 radical (unpaired) electrons. The van der Waals surface area contributed by atoms with Gasteiger partial charge in [-0.3, -0.25) is 14.5 Å². The third-order valence-corrected chi connectivity index (χ3v) is 6.60. The van der Waals surface area contributed by atoms with Crippen molar-refractivity contribution >= 4 is 17.5 Å². The molecule has 2 aliphatic heterocycles. The number of fused-ring (bicyclic) bond motifs is 2. The summed E-state index contributed by atoms with van der Waals surface area (Å²) in [5, 5.41) is 0. The van der Waals surface area contributed by atoms with Crippen LogP contribution in [-0.2, 0) is 15.1 Å². The Labute approximate surface area is 164 Å². The molecule has 2 heterocycles. The lowest BCUT2D eigenvalue weighted by atomic mass is 9.61. The van der Waals surface area contributed by atoms with E-state index < -0.39 is 0 Å². The number of nitrogens with zero attached hydrogens (tertiary/aromatic N) is 2. The van der Waals surface area contributed by atoms with Crippen molar-refractivity contribution < 1.29 is 14.3 Å². The van der Waals surface area contributed by atoms with Gasteiger partial charge in [-0.15, -0.1) is 0 Å². The Morgan fingerprint density at radius 3 is 2.68 bits per heavy atom. The number of likely N-dealkylation sites (tertiary alicyclic amines) is 1. The molecule has 28 heavy (non-hydrogen) atoms. The molecule has 1 saturated heterocycles. The van der Waals surface area contributed by atoms with Gasteiger partial charge in [0, 0.05) is 12.5 Å². The molecule has 0 aromatic heterocycles. The third kappa shape index (κ3) is 2.53. The first-order valence-electron chi connectivity index (χ1n) is 10.1. The fourth-order valence-electron chi connectivity index (χ4n) is 5.23. The lowest BCUT2D eigenvalue weighted by Gasteiger charge is -2.61. The summed E-state index contributed by atoms with van der Waals surface area (Å²) in [6, 6.07) is 17.8. The summed E-state index contributed by atoms with van der Waals surface area (Å²) in [7, 11) is 0. The van der Waals surface area contributed by atoms with Crippen molar-refractivity contribution in [2.75, 3.05) is 24.6 Å². The van der Waals surface area contributed by atoms with Crippen molar-refractivity contribution in [2.45, 2.75) is 31.2 Å². The maximum Gasteiger partial charge on any atom is 0.265 e. The second-order valence-corrected chi connectivity index (χ2v) is 7.97. The zero-order chi connectivity index (χ0) is 19.1. The predicted molar refractivity (Wildman–Crippen MR) is 106 cm³/mol. The van der Waals surface area contributed by atoms with Gasteiger partial charge in [0.15, 0.2) is 6.61 Å². The van der Waals surface area contributed by atoms with Crippen molar-refractivity contribution in [1.82, 2.24) is 4.90 Å². The third-order valence-electron chi connectivity index (χ3n) is 6.60. The number of carbonyl (C=O) groups is 2. The molecule has 2 aromatic rings. The van der Waals surface area contributed by atoms with E-state index in [0.717, 1.165) is 25.8 Å². The van der Waals surface area contributed by atoms with E-state index in [2.05, 4.69) is 24.3 Å². The molecule has 2 atom stereocenters. The number of ether oxygens (including phenoxy) is 1. The normalized spacial score (nSPS) is 26.0. The molecule has 3 aliphatic rings. The zero-order valence-electron chi connectivity index (χ0n) is 15.8. The number of anilines is 1. The van der Waals surface area contributed by atoms with Crippen LogP contribution >= 0.6 is 0 Å². The quantitative estimate of drug-likeness (QED) is 0.826. The zero-order valence-corrected chi connectivity index (χ0v) is 15.8. The minimum atomic E-state index is -0.203. The Bertz CT molecular complexity index is 913. The van der Waals surface area contributed by atoms with Gasteiger partial charge in [-0.2, -0.15) is 0 Å². The Morgan fingerprint density at radius 2 is 1.86 bits per heavy atom. The van der Waals surface area contributed by atoms with Gasteiger partial charge in [-0.1, -0.05) is 55.3 Å². The Kier molecular flexibility index (Phi) is 4.11. The number of benzene rings is 2. The molecule has 0 unspecified atom stereocenters. The maximum atomic E-state index is 13.4. The van der Waals surface area contributed by atoms with Gasteiger partial charge >= 0.3 is 0 Å². The predicted octanol–water partition coefficient (Wildman–Crippen LogP) is 3.34. The van der Waals surface area contributed by atoms with E-state index in [1.165, 1.54) is 12.0 Å². The van der Waals surface area contributed by atoms with Crippen LogP contribution < -0.4 is 9.64 Å². The molecular weight excluding hydrogens is 352 g/mol. The SMILES string of the molecule is O=C1COc2ccccc2N1CC(=O)N1C[C@@H]2CCCC[C@]21c1ccccc1. The minimum absolute atomic E-state index is 0.0171. The Morgan fingerprint density at radius 1 is 1.07 bits per heavy atom.